The number of hydrazine groups is 1. The lowest BCUT2D eigenvalue weighted by Gasteiger charge is -2.18. The Hall–Kier alpha value is -2.67. The van der Waals surface area contributed by atoms with E-state index in [-0.39, 0.29) is 12.3 Å². The van der Waals surface area contributed by atoms with Gasteiger partial charge in [0, 0.05) is 10.4 Å². The van der Waals surface area contributed by atoms with Gasteiger partial charge >= 0.3 is 6.09 Å². The van der Waals surface area contributed by atoms with E-state index in [9.17, 15) is 14.4 Å². The zero-order chi connectivity index (χ0) is 17.9. The fourth-order valence-corrected chi connectivity index (χ4v) is 3.38. The van der Waals surface area contributed by atoms with Gasteiger partial charge in [-0.2, -0.15) is 0 Å². The van der Waals surface area contributed by atoms with Crippen LogP contribution < -0.4 is 5.43 Å². The molecule has 1 aromatic heterocycles. The van der Waals surface area contributed by atoms with Crippen molar-refractivity contribution in [2.24, 2.45) is 0 Å². The number of anilines is 1. The largest absolute Gasteiger partial charge is 0.464 e. The van der Waals surface area contributed by atoms with E-state index in [4.69, 9.17) is 5.11 Å². The number of benzene rings is 1. The summed E-state index contributed by atoms with van der Waals surface area (Å²) in [5.41, 5.74) is 5.33. The summed E-state index contributed by atoms with van der Waals surface area (Å²) < 4.78 is 0. The van der Waals surface area contributed by atoms with Gasteiger partial charge in [-0.1, -0.05) is 24.3 Å². The molecule has 126 valence electrons. The number of carbonyl (C=O) groups is 3. The third-order valence-electron chi connectivity index (χ3n) is 3.73. The van der Waals surface area contributed by atoms with Crippen molar-refractivity contribution in [2.75, 3.05) is 12.0 Å². The number of aryl methyl sites for hydroxylation is 2. The van der Waals surface area contributed by atoms with E-state index in [0.29, 0.717) is 22.4 Å². The Labute approximate surface area is 143 Å². The maximum Gasteiger partial charge on any atom is 0.426 e. The first kappa shape index (κ1) is 17.7. The minimum absolute atomic E-state index is 0.172. The highest BCUT2D eigenvalue weighted by molar-refractivity contribution is 7.16. The van der Waals surface area contributed by atoms with Crippen LogP contribution in [0.1, 0.15) is 31.9 Å². The maximum atomic E-state index is 13.0. The Morgan fingerprint density at radius 3 is 2.50 bits per heavy atom. The molecule has 0 aliphatic rings. The number of hydrogen-bond acceptors (Lipinski definition) is 5. The third-order valence-corrected chi connectivity index (χ3v) is 4.84. The van der Waals surface area contributed by atoms with Gasteiger partial charge in [0.05, 0.1) is 5.56 Å². The maximum absolute atomic E-state index is 13.0. The first-order valence-electron chi connectivity index (χ1n) is 7.27. The summed E-state index contributed by atoms with van der Waals surface area (Å²) in [5.74, 6) is -0.172. The third kappa shape index (κ3) is 3.46. The zero-order valence-electron chi connectivity index (χ0n) is 13.6. The summed E-state index contributed by atoms with van der Waals surface area (Å²) in [6, 6.07) is 7.24. The molecule has 0 unspecified atom stereocenters. The van der Waals surface area contributed by atoms with Gasteiger partial charge in [-0.05, 0) is 31.9 Å². The van der Waals surface area contributed by atoms with Gasteiger partial charge in [0.2, 0.25) is 0 Å². The van der Waals surface area contributed by atoms with Crippen molar-refractivity contribution in [1.29, 1.82) is 0 Å². The number of hydrogen-bond donors (Lipinski definition) is 2. The minimum atomic E-state index is -1.29. The summed E-state index contributed by atoms with van der Waals surface area (Å²) in [6.07, 6.45) is -0.808. The summed E-state index contributed by atoms with van der Waals surface area (Å²) in [6.45, 7) is 5.21. The predicted octanol–water partition coefficient (Wildman–Crippen LogP) is 3.41. The fourth-order valence-electron chi connectivity index (χ4n) is 2.31. The van der Waals surface area contributed by atoms with E-state index in [1.165, 1.54) is 11.3 Å². The molecule has 6 nitrogen and oxygen atoms in total. The second-order valence-electron chi connectivity index (χ2n) is 5.30. The lowest BCUT2D eigenvalue weighted by molar-refractivity contribution is -0.108. The van der Waals surface area contributed by atoms with Gasteiger partial charge in [-0.15, -0.1) is 11.3 Å². The normalized spacial score (nSPS) is 10.3. The van der Waals surface area contributed by atoms with Gasteiger partial charge in [0.25, 0.3) is 0 Å². The van der Waals surface area contributed by atoms with Crippen LogP contribution >= 0.6 is 11.3 Å². The van der Waals surface area contributed by atoms with E-state index in [0.717, 1.165) is 21.0 Å². The molecular formula is C17H18N2O4S. The molecule has 0 aliphatic heterocycles. The van der Waals surface area contributed by atoms with Gasteiger partial charge < -0.3 is 9.90 Å². The number of aldehydes is 1. The van der Waals surface area contributed by atoms with Crippen LogP contribution in [0.3, 0.4) is 0 Å². The van der Waals surface area contributed by atoms with Crippen LogP contribution in [-0.2, 0) is 4.79 Å². The molecule has 1 heterocycles. The van der Waals surface area contributed by atoms with Gasteiger partial charge in [-0.25, -0.2) is 9.80 Å². The molecule has 1 amide bonds. The molecule has 2 aromatic rings. The average molecular weight is 346 g/mol. The number of ketones is 1. The first-order chi connectivity index (χ1) is 11.4. The van der Waals surface area contributed by atoms with Crippen molar-refractivity contribution in [1.82, 2.24) is 5.01 Å². The molecule has 7 heteroatoms. The fraction of sp³-hybridized carbons (Fsp3) is 0.235. The highest BCUT2D eigenvalue weighted by atomic mass is 32.1. The van der Waals surface area contributed by atoms with Crippen molar-refractivity contribution in [3.63, 3.8) is 0 Å². The monoisotopic (exact) mass is 346 g/mol. The minimum Gasteiger partial charge on any atom is -0.464 e. The second kappa shape index (κ2) is 7.27. The highest BCUT2D eigenvalue weighted by Gasteiger charge is 2.24. The number of amides is 1. The number of carboxylic acid groups (broad SMARTS) is 1. The van der Waals surface area contributed by atoms with Crippen LogP contribution in [0.15, 0.2) is 24.3 Å². The summed E-state index contributed by atoms with van der Waals surface area (Å²) in [5, 5.41) is 10.3. The molecule has 0 atom stereocenters. The Kier molecular flexibility index (Phi) is 5.35. The molecule has 0 spiro atoms. The Bertz CT molecular complexity index is 798. The predicted molar refractivity (Wildman–Crippen MR) is 92.8 cm³/mol. The number of nitrogens with zero attached hydrogens (tertiary/aromatic N) is 1. The molecule has 1 aromatic carbocycles. The Morgan fingerprint density at radius 2 is 1.92 bits per heavy atom. The molecule has 0 saturated heterocycles. The van der Waals surface area contributed by atoms with Crippen LogP contribution in [-0.4, -0.2) is 34.8 Å². The Balaban J connectivity index is 2.47. The van der Waals surface area contributed by atoms with Crippen molar-refractivity contribution >= 4 is 34.5 Å². The quantitative estimate of drug-likeness (QED) is 0.475. The molecule has 0 bridgehead atoms. The number of rotatable bonds is 6. The SMILES string of the molecule is Cc1ccccc1C(=O)c1c(NN(CC=O)C(=O)O)sc(C)c1C. The molecule has 2 N–H and O–H groups in total. The topological polar surface area (TPSA) is 86.7 Å². The van der Waals surface area contributed by atoms with E-state index >= 15 is 0 Å². The molecule has 0 fully saturated rings. The average Bonchev–Trinajstić information content (AvgIpc) is 2.81. The van der Waals surface area contributed by atoms with Gasteiger partial charge in [0.1, 0.15) is 17.8 Å². The van der Waals surface area contributed by atoms with Crippen molar-refractivity contribution in [2.45, 2.75) is 20.8 Å². The summed E-state index contributed by atoms with van der Waals surface area (Å²) >= 11 is 1.29. The van der Waals surface area contributed by atoms with E-state index in [1.54, 1.807) is 12.1 Å². The van der Waals surface area contributed by atoms with E-state index < -0.39 is 6.09 Å². The van der Waals surface area contributed by atoms with Crippen LogP contribution in [0, 0.1) is 20.8 Å². The molecule has 0 aliphatic carbocycles. The van der Waals surface area contributed by atoms with Crippen molar-refractivity contribution in [3.05, 3.63) is 51.4 Å². The molecule has 0 saturated carbocycles. The lowest BCUT2D eigenvalue weighted by atomic mass is 9.97. The lowest BCUT2D eigenvalue weighted by Crippen LogP contribution is -2.36. The number of nitrogens with one attached hydrogen (secondary N) is 1. The van der Waals surface area contributed by atoms with E-state index in [2.05, 4.69) is 5.43 Å². The van der Waals surface area contributed by atoms with Gasteiger partial charge in [0.15, 0.2) is 5.78 Å². The van der Waals surface area contributed by atoms with Crippen LogP contribution in [0.25, 0.3) is 0 Å². The Morgan fingerprint density at radius 1 is 1.25 bits per heavy atom. The van der Waals surface area contributed by atoms with Crippen LogP contribution in [0.5, 0.6) is 0 Å². The summed E-state index contributed by atoms with van der Waals surface area (Å²) in [7, 11) is 0. The van der Waals surface area contributed by atoms with Crippen molar-refractivity contribution < 1.29 is 19.5 Å². The van der Waals surface area contributed by atoms with Crippen LogP contribution in [0.2, 0.25) is 0 Å². The highest BCUT2D eigenvalue weighted by Crippen LogP contribution is 2.34. The smallest absolute Gasteiger partial charge is 0.426 e. The number of carbonyl (C=O) groups excluding carboxylic acids is 2. The first-order valence-corrected chi connectivity index (χ1v) is 8.09. The second-order valence-corrected chi connectivity index (χ2v) is 6.53. The molecule has 0 radical (unpaired) electrons. The molecular weight excluding hydrogens is 328 g/mol. The standard InChI is InChI=1S/C17H18N2O4S/c1-10-6-4-5-7-13(10)15(21)14-11(2)12(3)24-16(14)18-19(8-9-20)17(22)23/h4-7,9,18H,8H2,1-3H3,(H,22,23). The van der Waals surface area contributed by atoms with Crippen LogP contribution in [0.4, 0.5) is 9.80 Å². The van der Waals surface area contributed by atoms with E-state index in [1.807, 2.05) is 32.9 Å². The summed E-state index contributed by atoms with van der Waals surface area (Å²) in [4.78, 5) is 35.7. The zero-order valence-corrected chi connectivity index (χ0v) is 14.4. The number of thiophene rings is 1. The van der Waals surface area contributed by atoms with Gasteiger partial charge in [-0.3, -0.25) is 10.2 Å². The molecule has 24 heavy (non-hydrogen) atoms. The molecule has 2 rings (SSSR count). The van der Waals surface area contributed by atoms with Crippen molar-refractivity contribution in [3.8, 4) is 0 Å².